The number of halogens is 1. The Balaban J connectivity index is 3.05. The minimum atomic E-state index is -0.0868. The van der Waals surface area contributed by atoms with E-state index in [1.807, 2.05) is 13.8 Å². The molecular weight excluding hydrogens is 219 g/mol. The minimum absolute atomic E-state index is 0.0868. The molecule has 1 amide bonds. The number of hydrazine groups is 1. The molecule has 0 unspecified atom stereocenters. The maximum Gasteiger partial charge on any atom is 0.294 e. The highest BCUT2D eigenvalue weighted by Gasteiger charge is 1.91. The van der Waals surface area contributed by atoms with E-state index < -0.39 is 0 Å². The Labute approximate surface area is 62.3 Å². The number of carbonyl (C=O) groups is 1. The summed E-state index contributed by atoms with van der Waals surface area (Å²) >= 11 is 1.66. The largest absolute Gasteiger partial charge is 0.294 e. The number of rotatable bonds is 2. The van der Waals surface area contributed by atoms with E-state index in [2.05, 4.69) is 10.9 Å². The van der Waals surface area contributed by atoms with Crippen LogP contribution in [0.5, 0.6) is 0 Å². The topological polar surface area (TPSA) is 41.1 Å². The van der Waals surface area contributed by atoms with E-state index in [4.69, 9.17) is 0 Å². The molecule has 0 aromatic carbocycles. The summed E-state index contributed by atoms with van der Waals surface area (Å²) in [6.07, 6.45) is 0. The minimum Gasteiger partial charge on any atom is -0.283 e. The van der Waals surface area contributed by atoms with Gasteiger partial charge in [-0.1, -0.05) is 0 Å². The molecule has 3 nitrogen and oxygen atoms in total. The van der Waals surface area contributed by atoms with Crippen LogP contribution in [0.3, 0.4) is 0 Å². The van der Waals surface area contributed by atoms with Gasteiger partial charge in [-0.3, -0.25) is 10.2 Å². The predicted octanol–water partition coefficient (Wildman–Crippen LogP) is 1.04. The first-order valence-electron chi connectivity index (χ1n) is 2.34. The molecule has 0 bridgehead atoms. The van der Waals surface area contributed by atoms with E-state index in [0.29, 0.717) is 6.04 Å². The Morgan fingerprint density at radius 1 is 1.62 bits per heavy atom. The van der Waals surface area contributed by atoms with Crippen LogP contribution in [-0.2, 0) is 0 Å². The molecule has 0 aliphatic rings. The fourth-order valence-corrected chi connectivity index (χ4v) is 0.357. The number of nitrogens with one attached hydrogen (secondary N) is 2. The van der Waals surface area contributed by atoms with Crippen LogP contribution in [0, 0.1) is 0 Å². The van der Waals surface area contributed by atoms with Gasteiger partial charge in [0.05, 0.1) is 0 Å². The van der Waals surface area contributed by atoms with Crippen molar-refractivity contribution < 1.29 is 4.79 Å². The second-order valence-electron chi connectivity index (χ2n) is 1.70. The summed E-state index contributed by atoms with van der Waals surface area (Å²) in [6.45, 7) is 3.90. The third kappa shape index (κ3) is 6.16. The highest BCUT2D eigenvalue weighted by Crippen LogP contribution is 1.80. The molecule has 0 spiro atoms. The highest BCUT2D eigenvalue weighted by molar-refractivity contribution is 14.1. The number of amides is 1. The number of carbonyl (C=O) groups excluding carboxylic acids is 1. The quantitative estimate of drug-likeness (QED) is 0.321. The second-order valence-corrected chi connectivity index (χ2v) is 2.68. The van der Waals surface area contributed by atoms with Crippen molar-refractivity contribution in [2.24, 2.45) is 0 Å². The molecule has 8 heavy (non-hydrogen) atoms. The van der Waals surface area contributed by atoms with Crippen LogP contribution in [0.1, 0.15) is 13.8 Å². The van der Waals surface area contributed by atoms with E-state index in [0.717, 1.165) is 0 Å². The molecule has 0 radical (unpaired) electrons. The summed E-state index contributed by atoms with van der Waals surface area (Å²) in [6, 6.07) is 0.300. The van der Waals surface area contributed by atoms with Crippen LogP contribution in [0.15, 0.2) is 0 Å². The third-order valence-electron chi connectivity index (χ3n) is 0.459. The summed E-state index contributed by atoms with van der Waals surface area (Å²) < 4.78 is -0.0868. The van der Waals surface area contributed by atoms with Crippen molar-refractivity contribution in [2.75, 3.05) is 0 Å². The van der Waals surface area contributed by atoms with E-state index in [1.54, 1.807) is 22.6 Å². The van der Waals surface area contributed by atoms with E-state index >= 15 is 0 Å². The van der Waals surface area contributed by atoms with Gasteiger partial charge in [0.2, 0.25) is 0 Å². The van der Waals surface area contributed by atoms with Crippen LogP contribution < -0.4 is 10.9 Å². The first kappa shape index (κ1) is 8.16. The number of hydrogen-bond donors (Lipinski definition) is 2. The van der Waals surface area contributed by atoms with Crippen LogP contribution in [0.2, 0.25) is 0 Å². The Morgan fingerprint density at radius 2 is 2.12 bits per heavy atom. The first-order chi connectivity index (χ1) is 3.63. The smallest absolute Gasteiger partial charge is 0.283 e. The summed E-state index contributed by atoms with van der Waals surface area (Å²) in [7, 11) is 0. The Kier molecular flexibility index (Phi) is 4.16. The normalized spacial score (nSPS) is 9.50. The zero-order valence-corrected chi connectivity index (χ0v) is 7.02. The van der Waals surface area contributed by atoms with Gasteiger partial charge in [0.1, 0.15) is 0 Å². The zero-order valence-electron chi connectivity index (χ0n) is 4.86. The average molecular weight is 228 g/mol. The summed E-state index contributed by atoms with van der Waals surface area (Å²) in [5.74, 6) is 0. The summed E-state index contributed by atoms with van der Waals surface area (Å²) in [5, 5.41) is 0. The van der Waals surface area contributed by atoms with Gasteiger partial charge in [0.25, 0.3) is 3.91 Å². The molecule has 0 saturated heterocycles. The highest BCUT2D eigenvalue weighted by atomic mass is 127. The van der Waals surface area contributed by atoms with Crippen LogP contribution in [0.25, 0.3) is 0 Å². The van der Waals surface area contributed by atoms with Crippen molar-refractivity contribution in [1.82, 2.24) is 10.9 Å². The van der Waals surface area contributed by atoms with Gasteiger partial charge in [-0.25, -0.2) is 5.43 Å². The van der Waals surface area contributed by atoms with E-state index in [9.17, 15) is 4.79 Å². The molecule has 0 aliphatic carbocycles. The third-order valence-corrected chi connectivity index (χ3v) is 0.729. The fraction of sp³-hybridized carbons (Fsp3) is 0.750. The van der Waals surface area contributed by atoms with Gasteiger partial charge >= 0.3 is 0 Å². The SMILES string of the molecule is CC(C)NNC(=O)I. The molecule has 0 aliphatic heterocycles. The molecular formula is C4H9IN2O. The van der Waals surface area contributed by atoms with Gasteiger partial charge in [-0.15, -0.1) is 0 Å². The molecule has 0 atom stereocenters. The van der Waals surface area contributed by atoms with Crippen LogP contribution in [-0.4, -0.2) is 9.96 Å². The van der Waals surface area contributed by atoms with Crippen molar-refractivity contribution >= 4 is 26.5 Å². The Bertz CT molecular complexity index is 84.1. The molecule has 4 heteroatoms. The lowest BCUT2D eigenvalue weighted by atomic mass is 10.4. The van der Waals surface area contributed by atoms with Crippen molar-refractivity contribution in [3.05, 3.63) is 0 Å². The van der Waals surface area contributed by atoms with Gasteiger partial charge in [0, 0.05) is 28.6 Å². The van der Waals surface area contributed by atoms with Gasteiger partial charge in [0.15, 0.2) is 0 Å². The van der Waals surface area contributed by atoms with E-state index in [-0.39, 0.29) is 3.91 Å². The summed E-state index contributed by atoms with van der Waals surface area (Å²) in [4.78, 5) is 10.2. The van der Waals surface area contributed by atoms with Crippen molar-refractivity contribution in [3.63, 3.8) is 0 Å². The zero-order chi connectivity index (χ0) is 6.57. The second kappa shape index (κ2) is 4.08. The molecule has 2 N–H and O–H groups in total. The Hall–Kier alpha value is 0.160. The molecule has 48 valence electrons. The molecule has 0 saturated carbocycles. The lowest BCUT2D eigenvalue weighted by molar-refractivity contribution is 0.258. The molecule has 0 heterocycles. The monoisotopic (exact) mass is 228 g/mol. The Morgan fingerprint density at radius 3 is 2.25 bits per heavy atom. The lowest BCUT2D eigenvalue weighted by Gasteiger charge is -2.05. The molecule has 0 rings (SSSR count). The van der Waals surface area contributed by atoms with Gasteiger partial charge < -0.3 is 0 Å². The standard InChI is InChI=1S/C4H9IN2O/c1-3(2)6-7-4(5)8/h3,6H,1-2H3,(H,7,8). The molecule has 0 aromatic rings. The number of hydrogen-bond acceptors (Lipinski definition) is 2. The van der Waals surface area contributed by atoms with E-state index in [1.165, 1.54) is 0 Å². The summed E-state index contributed by atoms with van der Waals surface area (Å²) in [5.41, 5.74) is 5.18. The molecule has 0 aromatic heterocycles. The van der Waals surface area contributed by atoms with Gasteiger partial charge in [-0.05, 0) is 13.8 Å². The van der Waals surface area contributed by atoms with Crippen LogP contribution in [0.4, 0.5) is 4.79 Å². The van der Waals surface area contributed by atoms with Crippen molar-refractivity contribution in [2.45, 2.75) is 19.9 Å². The average Bonchev–Trinajstić information content (AvgIpc) is 1.61. The predicted molar refractivity (Wildman–Crippen MR) is 40.8 cm³/mol. The van der Waals surface area contributed by atoms with Gasteiger partial charge in [-0.2, -0.15) is 0 Å². The molecule has 0 fully saturated rings. The van der Waals surface area contributed by atoms with Crippen molar-refractivity contribution in [1.29, 1.82) is 0 Å². The maximum absolute atomic E-state index is 10.2. The fourth-order valence-electron chi connectivity index (χ4n) is 0.201. The lowest BCUT2D eigenvalue weighted by Crippen LogP contribution is -2.38. The van der Waals surface area contributed by atoms with Crippen LogP contribution >= 0.6 is 22.6 Å². The maximum atomic E-state index is 10.2. The van der Waals surface area contributed by atoms with Crippen molar-refractivity contribution in [3.8, 4) is 0 Å². The first-order valence-corrected chi connectivity index (χ1v) is 3.42.